The number of aromatic nitrogens is 2. The fourth-order valence-electron chi connectivity index (χ4n) is 3.33. The minimum atomic E-state index is -0.539. The first kappa shape index (κ1) is 20.6. The molecule has 0 spiro atoms. The molecular weight excluding hydrogens is 337 g/mol. The first-order chi connectivity index (χ1) is 10.0. The summed E-state index contributed by atoms with van der Waals surface area (Å²) >= 11 is 0. The molecule has 2 fully saturated rings. The SMILES string of the molecule is CC(C)(N)c1noc(CN2CCN(C3CCCC3)CC2)n1.Cl.Cl. The summed E-state index contributed by atoms with van der Waals surface area (Å²) in [5, 5.41) is 3.98. The van der Waals surface area contributed by atoms with E-state index in [4.69, 9.17) is 10.3 Å². The van der Waals surface area contributed by atoms with Crippen molar-refractivity contribution < 1.29 is 4.52 Å². The van der Waals surface area contributed by atoms with Crippen molar-refractivity contribution in [2.24, 2.45) is 5.73 Å². The Bertz CT molecular complexity index is 463. The van der Waals surface area contributed by atoms with E-state index in [1.165, 1.54) is 25.7 Å². The van der Waals surface area contributed by atoms with Gasteiger partial charge in [0.05, 0.1) is 12.1 Å². The summed E-state index contributed by atoms with van der Waals surface area (Å²) in [6.45, 7) is 9.01. The van der Waals surface area contributed by atoms with Crippen molar-refractivity contribution in [3.63, 3.8) is 0 Å². The molecule has 0 atom stereocenters. The molecule has 1 saturated heterocycles. The van der Waals surface area contributed by atoms with Gasteiger partial charge in [-0.2, -0.15) is 4.98 Å². The number of rotatable bonds is 4. The Kier molecular flexibility index (Phi) is 7.74. The second-order valence-electron chi connectivity index (χ2n) is 6.98. The second kappa shape index (κ2) is 8.62. The minimum absolute atomic E-state index is 0. The van der Waals surface area contributed by atoms with Crippen LogP contribution in [0.5, 0.6) is 0 Å². The Balaban J connectivity index is 0.00000132. The third-order valence-electron chi connectivity index (χ3n) is 4.65. The van der Waals surface area contributed by atoms with Gasteiger partial charge in [0.25, 0.3) is 0 Å². The van der Waals surface area contributed by atoms with Crippen LogP contribution in [0.15, 0.2) is 4.52 Å². The number of halogens is 2. The van der Waals surface area contributed by atoms with E-state index in [-0.39, 0.29) is 24.8 Å². The van der Waals surface area contributed by atoms with Gasteiger partial charge in [-0.3, -0.25) is 9.80 Å². The summed E-state index contributed by atoms with van der Waals surface area (Å²) in [6.07, 6.45) is 5.59. The van der Waals surface area contributed by atoms with Crippen LogP contribution < -0.4 is 5.73 Å². The summed E-state index contributed by atoms with van der Waals surface area (Å²) in [6, 6.07) is 0.834. The predicted octanol–water partition coefficient (Wildman–Crippen LogP) is 2.17. The molecule has 134 valence electrons. The quantitative estimate of drug-likeness (QED) is 0.881. The zero-order valence-corrected chi connectivity index (χ0v) is 15.7. The van der Waals surface area contributed by atoms with Crippen molar-refractivity contribution in [2.45, 2.75) is 57.7 Å². The molecule has 23 heavy (non-hydrogen) atoms. The first-order valence-electron chi connectivity index (χ1n) is 8.11. The Morgan fingerprint density at radius 2 is 1.74 bits per heavy atom. The lowest BCUT2D eigenvalue weighted by Gasteiger charge is -2.37. The molecule has 1 saturated carbocycles. The molecule has 0 bridgehead atoms. The summed E-state index contributed by atoms with van der Waals surface area (Å²) in [4.78, 5) is 9.47. The Labute approximate surface area is 151 Å². The smallest absolute Gasteiger partial charge is 0.240 e. The fraction of sp³-hybridized carbons (Fsp3) is 0.867. The first-order valence-corrected chi connectivity index (χ1v) is 8.11. The van der Waals surface area contributed by atoms with E-state index < -0.39 is 5.54 Å². The molecule has 8 heteroatoms. The molecule has 0 aromatic carbocycles. The van der Waals surface area contributed by atoms with E-state index in [2.05, 4.69) is 19.9 Å². The van der Waals surface area contributed by atoms with Gasteiger partial charge >= 0.3 is 0 Å². The van der Waals surface area contributed by atoms with Gasteiger partial charge < -0.3 is 10.3 Å². The van der Waals surface area contributed by atoms with Crippen LogP contribution in [0.2, 0.25) is 0 Å². The molecule has 6 nitrogen and oxygen atoms in total. The molecule has 0 radical (unpaired) electrons. The molecule has 2 aliphatic rings. The van der Waals surface area contributed by atoms with Gasteiger partial charge in [-0.1, -0.05) is 18.0 Å². The zero-order chi connectivity index (χ0) is 14.9. The van der Waals surface area contributed by atoms with Crippen LogP contribution in [-0.4, -0.2) is 52.2 Å². The number of hydrogen-bond donors (Lipinski definition) is 1. The standard InChI is InChI=1S/C15H27N5O.2ClH/c1-15(2,16)14-17-13(21-18-14)11-19-7-9-20(10-8-19)12-5-3-4-6-12;;/h12H,3-11,16H2,1-2H3;2*1H. The third-order valence-corrected chi connectivity index (χ3v) is 4.65. The minimum Gasteiger partial charge on any atom is -0.338 e. The van der Waals surface area contributed by atoms with Crippen LogP contribution in [0.25, 0.3) is 0 Å². The van der Waals surface area contributed by atoms with Gasteiger partial charge in [-0.25, -0.2) is 0 Å². The molecule has 3 rings (SSSR count). The summed E-state index contributed by atoms with van der Waals surface area (Å²) < 4.78 is 5.32. The van der Waals surface area contributed by atoms with Crippen LogP contribution in [0.4, 0.5) is 0 Å². The highest BCUT2D eigenvalue weighted by Crippen LogP contribution is 2.24. The average molecular weight is 366 g/mol. The second-order valence-corrected chi connectivity index (χ2v) is 6.98. The third kappa shape index (κ3) is 5.29. The van der Waals surface area contributed by atoms with Crippen molar-refractivity contribution in [2.75, 3.05) is 26.2 Å². The van der Waals surface area contributed by atoms with Crippen LogP contribution in [0.1, 0.15) is 51.2 Å². The van der Waals surface area contributed by atoms with E-state index in [9.17, 15) is 0 Å². The molecule has 1 aliphatic heterocycles. The van der Waals surface area contributed by atoms with E-state index in [1.807, 2.05) is 13.8 Å². The highest BCUT2D eigenvalue weighted by molar-refractivity contribution is 5.85. The predicted molar refractivity (Wildman–Crippen MR) is 95.1 cm³/mol. The summed E-state index contributed by atoms with van der Waals surface area (Å²) in [5.74, 6) is 1.26. The normalized spacial score (nSPS) is 21.0. The number of nitrogens with zero attached hydrogens (tertiary/aromatic N) is 4. The largest absolute Gasteiger partial charge is 0.338 e. The summed E-state index contributed by atoms with van der Waals surface area (Å²) in [7, 11) is 0. The van der Waals surface area contributed by atoms with E-state index >= 15 is 0 Å². The fourth-order valence-corrected chi connectivity index (χ4v) is 3.33. The van der Waals surface area contributed by atoms with Gasteiger partial charge in [0.2, 0.25) is 5.89 Å². The van der Waals surface area contributed by atoms with Gasteiger partial charge in [0, 0.05) is 32.2 Å². The van der Waals surface area contributed by atoms with Crippen molar-refractivity contribution in [1.29, 1.82) is 0 Å². The van der Waals surface area contributed by atoms with Crippen molar-refractivity contribution in [3.05, 3.63) is 11.7 Å². The highest BCUT2D eigenvalue weighted by Gasteiger charge is 2.27. The van der Waals surface area contributed by atoms with Crippen LogP contribution in [0, 0.1) is 0 Å². The Morgan fingerprint density at radius 3 is 2.26 bits per heavy atom. The molecule has 2 N–H and O–H groups in total. The lowest BCUT2D eigenvalue weighted by atomic mass is 10.1. The number of piperazine rings is 1. The number of hydrogen-bond acceptors (Lipinski definition) is 6. The highest BCUT2D eigenvalue weighted by atomic mass is 35.5. The van der Waals surface area contributed by atoms with Gasteiger partial charge in [0.15, 0.2) is 5.82 Å². The van der Waals surface area contributed by atoms with E-state index in [0.29, 0.717) is 11.7 Å². The van der Waals surface area contributed by atoms with E-state index in [1.54, 1.807) is 0 Å². The molecule has 1 aromatic rings. The van der Waals surface area contributed by atoms with Gasteiger partial charge in [0.1, 0.15) is 0 Å². The number of nitrogens with two attached hydrogens (primary N) is 1. The lowest BCUT2D eigenvalue weighted by Crippen LogP contribution is -2.49. The monoisotopic (exact) mass is 365 g/mol. The van der Waals surface area contributed by atoms with Crippen LogP contribution in [-0.2, 0) is 12.1 Å². The van der Waals surface area contributed by atoms with Gasteiger partial charge in [-0.15, -0.1) is 24.8 Å². The van der Waals surface area contributed by atoms with Crippen molar-refractivity contribution in [1.82, 2.24) is 19.9 Å². The Morgan fingerprint density at radius 1 is 1.13 bits per heavy atom. The molecule has 2 heterocycles. The average Bonchev–Trinajstić information content (AvgIpc) is 3.09. The van der Waals surface area contributed by atoms with E-state index in [0.717, 1.165) is 38.8 Å². The maximum absolute atomic E-state index is 5.99. The maximum Gasteiger partial charge on any atom is 0.240 e. The topological polar surface area (TPSA) is 71.4 Å². The molecule has 1 aliphatic carbocycles. The molecular formula is C15H29Cl2N5O. The van der Waals surface area contributed by atoms with Crippen molar-refractivity contribution in [3.8, 4) is 0 Å². The molecule has 1 aromatic heterocycles. The van der Waals surface area contributed by atoms with Crippen LogP contribution in [0.3, 0.4) is 0 Å². The summed E-state index contributed by atoms with van der Waals surface area (Å²) in [5.41, 5.74) is 5.45. The molecule has 0 unspecified atom stereocenters. The Hall–Kier alpha value is -0.400. The lowest BCUT2D eigenvalue weighted by molar-refractivity contribution is 0.0868. The maximum atomic E-state index is 5.99. The van der Waals surface area contributed by atoms with Gasteiger partial charge in [-0.05, 0) is 26.7 Å². The molecule has 0 amide bonds. The van der Waals surface area contributed by atoms with Crippen molar-refractivity contribution >= 4 is 24.8 Å². The zero-order valence-electron chi connectivity index (χ0n) is 14.0. The van der Waals surface area contributed by atoms with Crippen LogP contribution >= 0.6 is 24.8 Å².